The number of hydrogen-bond acceptors (Lipinski definition) is 7. The van der Waals surface area contributed by atoms with Crippen LogP contribution >= 0.6 is 0 Å². The predicted octanol–water partition coefficient (Wildman–Crippen LogP) is 1.29. The molecular formula is C11H19N5O3. The zero-order chi connectivity index (χ0) is 14.4. The Labute approximate surface area is 112 Å². The first kappa shape index (κ1) is 15.1. The minimum atomic E-state index is -0.475. The Morgan fingerprint density at radius 1 is 1.63 bits per heavy atom. The number of hydrogen-bond donors (Lipinski definition) is 1. The summed E-state index contributed by atoms with van der Waals surface area (Å²) in [6.45, 7) is 4.89. The maximum atomic E-state index is 11.1. The van der Waals surface area contributed by atoms with Crippen LogP contribution in [0.15, 0.2) is 6.20 Å². The maximum absolute atomic E-state index is 11.1. The largest absolute Gasteiger partial charge is 0.383 e. The van der Waals surface area contributed by atoms with Crippen LogP contribution in [0.3, 0.4) is 0 Å². The summed E-state index contributed by atoms with van der Waals surface area (Å²) in [5.41, 5.74) is -0.108. The minimum Gasteiger partial charge on any atom is -0.383 e. The molecule has 0 radical (unpaired) electrons. The van der Waals surface area contributed by atoms with Gasteiger partial charge in [-0.25, -0.2) is 4.98 Å². The lowest BCUT2D eigenvalue weighted by Gasteiger charge is -2.28. The Kier molecular flexibility index (Phi) is 5.43. The molecule has 1 rings (SSSR count). The summed E-state index contributed by atoms with van der Waals surface area (Å²) in [4.78, 5) is 20.5. The van der Waals surface area contributed by atoms with Gasteiger partial charge in [-0.05, 0) is 13.8 Å². The first-order valence-corrected chi connectivity index (χ1v) is 5.99. The Hall–Kier alpha value is -1.96. The van der Waals surface area contributed by atoms with E-state index in [4.69, 9.17) is 4.74 Å². The van der Waals surface area contributed by atoms with Crippen LogP contribution in [0.1, 0.15) is 13.8 Å². The van der Waals surface area contributed by atoms with Crippen molar-refractivity contribution in [2.24, 2.45) is 0 Å². The summed E-state index contributed by atoms with van der Waals surface area (Å²) < 4.78 is 5.09. The van der Waals surface area contributed by atoms with Crippen molar-refractivity contribution in [3.63, 3.8) is 0 Å². The van der Waals surface area contributed by atoms with E-state index in [1.165, 1.54) is 6.20 Å². The van der Waals surface area contributed by atoms with Gasteiger partial charge in [-0.15, -0.1) is 0 Å². The molecule has 1 aromatic heterocycles. The van der Waals surface area contributed by atoms with E-state index >= 15 is 0 Å². The van der Waals surface area contributed by atoms with E-state index in [1.807, 2.05) is 18.7 Å². The van der Waals surface area contributed by atoms with Gasteiger partial charge in [0.2, 0.25) is 11.8 Å². The molecule has 1 unspecified atom stereocenters. The highest BCUT2D eigenvalue weighted by atomic mass is 16.6. The van der Waals surface area contributed by atoms with Gasteiger partial charge in [0, 0.05) is 20.7 Å². The number of likely N-dealkylation sites (N-methyl/N-ethyl adjacent to an activating group) is 1. The van der Waals surface area contributed by atoms with E-state index in [2.05, 4.69) is 15.3 Å². The molecule has 8 heteroatoms. The van der Waals surface area contributed by atoms with Gasteiger partial charge in [0.25, 0.3) is 0 Å². The molecule has 1 atom stereocenters. The van der Waals surface area contributed by atoms with Gasteiger partial charge in [-0.1, -0.05) is 0 Å². The van der Waals surface area contributed by atoms with Gasteiger partial charge in [-0.2, -0.15) is 4.98 Å². The van der Waals surface area contributed by atoms with Crippen LogP contribution in [0.2, 0.25) is 0 Å². The number of nitrogens with zero attached hydrogens (tertiary/aromatic N) is 4. The lowest BCUT2D eigenvalue weighted by Crippen LogP contribution is -2.37. The topological polar surface area (TPSA) is 93.4 Å². The summed E-state index contributed by atoms with van der Waals surface area (Å²) >= 11 is 0. The fourth-order valence-electron chi connectivity index (χ4n) is 1.83. The Balaban J connectivity index is 3.22. The van der Waals surface area contributed by atoms with Crippen molar-refractivity contribution in [3.05, 3.63) is 16.3 Å². The van der Waals surface area contributed by atoms with Crippen molar-refractivity contribution >= 4 is 17.5 Å². The Morgan fingerprint density at radius 3 is 2.79 bits per heavy atom. The van der Waals surface area contributed by atoms with Gasteiger partial charge >= 0.3 is 5.69 Å². The number of anilines is 2. The minimum absolute atomic E-state index is 0.0201. The van der Waals surface area contributed by atoms with Gasteiger partial charge in [0.05, 0.1) is 17.6 Å². The van der Waals surface area contributed by atoms with Gasteiger partial charge in [0.1, 0.15) is 6.20 Å². The summed E-state index contributed by atoms with van der Waals surface area (Å²) in [6, 6.07) is -0.0201. The van der Waals surface area contributed by atoms with Gasteiger partial charge in [-0.3, -0.25) is 10.1 Å². The molecule has 1 N–H and O–H groups in total. The molecule has 8 nitrogen and oxygen atoms in total. The van der Waals surface area contributed by atoms with Crippen LogP contribution in [0.25, 0.3) is 0 Å². The zero-order valence-corrected chi connectivity index (χ0v) is 11.6. The molecule has 0 aromatic carbocycles. The quantitative estimate of drug-likeness (QED) is 0.588. The zero-order valence-electron chi connectivity index (χ0n) is 11.6. The molecule has 19 heavy (non-hydrogen) atoms. The number of ether oxygens (including phenoxy) is 1. The fourth-order valence-corrected chi connectivity index (χ4v) is 1.83. The third-order valence-corrected chi connectivity index (χ3v) is 2.72. The van der Waals surface area contributed by atoms with E-state index in [-0.39, 0.29) is 11.7 Å². The van der Waals surface area contributed by atoms with Crippen molar-refractivity contribution in [1.82, 2.24) is 9.97 Å². The van der Waals surface area contributed by atoms with E-state index < -0.39 is 4.92 Å². The number of methoxy groups -OCH3 is 1. The third kappa shape index (κ3) is 3.50. The molecule has 0 bridgehead atoms. The number of nitro groups is 1. The summed E-state index contributed by atoms with van der Waals surface area (Å²) in [5, 5.41) is 13.9. The molecule has 0 saturated carbocycles. The molecule has 0 fully saturated rings. The molecule has 106 valence electrons. The lowest BCUT2D eigenvalue weighted by molar-refractivity contribution is -0.384. The van der Waals surface area contributed by atoms with E-state index in [0.29, 0.717) is 24.9 Å². The van der Waals surface area contributed by atoms with Gasteiger partial charge < -0.3 is 15.0 Å². The SMILES string of the molecule is CCN(c1nc(NC)ncc1[N+](=O)[O-])C(C)COC. The van der Waals surface area contributed by atoms with Gasteiger partial charge in [0.15, 0.2) is 0 Å². The molecule has 0 aliphatic carbocycles. The van der Waals surface area contributed by atoms with Crippen LogP contribution in [0.5, 0.6) is 0 Å². The molecule has 0 amide bonds. The smallest absolute Gasteiger partial charge is 0.329 e. The van der Waals surface area contributed by atoms with Crippen molar-refractivity contribution in [2.75, 3.05) is 37.5 Å². The number of nitrogens with one attached hydrogen (secondary N) is 1. The van der Waals surface area contributed by atoms with E-state index in [9.17, 15) is 10.1 Å². The standard InChI is InChI=1S/C11H19N5O3/c1-5-15(8(2)7-19-4)10-9(16(17)18)6-13-11(12-3)14-10/h6,8H,5,7H2,1-4H3,(H,12,13,14). The third-order valence-electron chi connectivity index (χ3n) is 2.72. The number of rotatable bonds is 7. The van der Waals surface area contributed by atoms with Crippen LogP contribution in [0, 0.1) is 10.1 Å². The molecule has 1 heterocycles. The summed E-state index contributed by atoms with van der Waals surface area (Å²) in [5.74, 6) is 0.653. The van der Waals surface area contributed by atoms with Crippen molar-refractivity contribution in [3.8, 4) is 0 Å². The average molecular weight is 269 g/mol. The molecule has 0 aliphatic heterocycles. The monoisotopic (exact) mass is 269 g/mol. The first-order valence-electron chi connectivity index (χ1n) is 5.99. The first-order chi connectivity index (χ1) is 9.04. The lowest BCUT2D eigenvalue weighted by atomic mass is 10.3. The maximum Gasteiger partial charge on any atom is 0.329 e. The van der Waals surface area contributed by atoms with Crippen molar-refractivity contribution in [2.45, 2.75) is 19.9 Å². The summed E-state index contributed by atoms with van der Waals surface area (Å²) in [7, 11) is 3.26. The van der Waals surface area contributed by atoms with Crippen molar-refractivity contribution in [1.29, 1.82) is 0 Å². The second-order valence-corrected chi connectivity index (χ2v) is 4.00. The van der Waals surface area contributed by atoms with E-state index in [0.717, 1.165) is 0 Å². The highest BCUT2D eigenvalue weighted by molar-refractivity contribution is 5.59. The van der Waals surface area contributed by atoms with Crippen LogP contribution in [0.4, 0.5) is 17.5 Å². The summed E-state index contributed by atoms with van der Waals surface area (Å²) in [6.07, 6.45) is 1.22. The second-order valence-electron chi connectivity index (χ2n) is 4.00. The molecule has 0 saturated heterocycles. The Morgan fingerprint density at radius 2 is 2.32 bits per heavy atom. The predicted molar refractivity (Wildman–Crippen MR) is 72.6 cm³/mol. The van der Waals surface area contributed by atoms with E-state index in [1.54, 1.807) is 14.2 Å². The van der Waals surface area contributed by atoms with Crippen molar-refractivity contribution < 1.29 is 9.66 Å². The molecule has 0 spiro atoms. The number of aromatic nitrogens is 2. The molecule has 1 aromatic rings. The Bertz CT molecular complexity index is 440. The van der Waals surface area contributed by atoms with Crippen LogP contribution in [-0.2, 0) is 4.74 Å². The highest BCUT2D eigenvalue weighted by Crippen LogP contribution is 2.27. The average Bonchev–Trinajstić information content (AvgIpc) is 2.39. The second kappa shape index (κ2) is 6.83. The normalized spacial score (nSPS) is 12.0. The van der Waals surface area contributed by atoms with Crippen LogP contribution < -0.4 is 10.2 Å². The molecular weight excluding hydrogens is 250 g/mol. The van der Waals surface area contributed by atoms with Crippen LogP contribution in [-0.4, -0.2) is 48.2 Å². The fraction of sp³-hybridized carbons (Fsp3) is 0.636. The molecule has 0 aliphatic rings. The highest BCUT2D eigenvalue weighted by Gasteiger charge is 2.25.